The van der Waals surface area contributed by atoms with E-state index in [9.17, 15) is 4.79 Å². The highest BCUT2D eigenvalue weighted by atomic mass is 32.2. The first-order valence-electron chi connectivity index (χ1n) is 3.94. The molecule has 1 rings (SSSR count). The Kier molecular flexibility index (Phi) is 4.04. The van der Waals surface area contributed by atoms with Gasteiger partial charge in [0.15, 0.2) is 5.16 Å². The maximum atomic E-state index is 11.4. The molecule has 14 heavy (non-hydrogen) atoms. The molecule has 0 unspecified atom stereocenters. The minimum absolute atomic E-state index is 0.0953. The number of hydrogen-bond donors (Lipinski definition) is 1. The molecule has 0 amide bonds. The Hall–Kier alpha value is -0.930. The molecule has 0 spiro atoms. The van der Waals surface area contributed by atoms with Gasteiger partial charge in [-0.25, -0.2) is 4.98 Å². The predicted octanol–water partition coefficient (Wildman–Crippen LogP) is 1.48. The summed E-state index contributed by atoms with van der Waals surface area (Å²) >= 11 is 2.76. The fourth-order valence-corrected chi connectivity index (χ4v) is 2.06. The maximum Gasteiger partial charge on any atom is 0.270 e. The summed E-state index contributed by atoms with van der Waals surface area (Å²) in [6.07, 6.45) is 1.79. The largest absolute Gasteiger partial charge is 0.300 e. The highest BCUT2D eigenvalue weighted by Gasteiger charge is 2.09. The molecule has 0 bridgehead atoms. The number of aromatic amines is 1. The third-order valence-electron chi connectivity index (χ3n) is 1.45. The van der Waals surface area contributed by atoms with Crippen molar-refractivity contribution in [3.8, 4) is 6.07 Å². The van der Waals surface area contributed by atoms with Crippen molar-refractivity contribution in [3.63, 3.8) is 0 Å². The second-order valence-corrected chi connectivity index (χ2v) is 4.35. The number of nitrogens with one attached hydrogen (secondary N) is 1. The van der Waals surface area contributed by atoms with Crippen molar-refractivity contribution in [3.05, 3.63) is 15.9 Å². The number of nitriles is 1. The molecule has 1 N–H and O–H groups in total. The Labute approximate surface area is 90.1 Å². The summed E-state index contributed by atoms with van der Waals surface area (Å²) in [7, 11) is 0. The molecule has 6 heteroatoms. The van der Waals surface area contributed by atoms with Crippen LogP contribution in [0.3, 0.4) is 0 Å². The monoisotopic (exact) mass is 227 g/mol. The second kappa shape index (κ2) is 5.08. The number of H-pyrrole nitrogens is 1. The van der Waals surface area contributed by atoms with Crippen molar-refractivity contribution in [2.24, 2.45) is 0 Å². The van der Waals surface area contributed by atoms with Crippen LogP contribution < -0.4 is 5.56 Å². The predicted molar refractivity (Wildman–Crippen MR) is 57.8 cm³/mol. The van der Waals surface area contributed by atoms with Gasteiger partial charge < -0.3 is 4.98 Å². The van der Waals surface area contributed by atoms with Crippen LogP contribution in [0.2, 0.25) is 0 Å². The average Bonchev–Trinajstić information content (AvgIpc) is 2.17. The summed E-state index contributed by atoms with van der Waals surface area (Å²) in [5.41, 5.74) is -0.263. The summed E-state index contributed by atoms with van der Waals surface area (Å²) in [5.74, 6) is 0.836. The molecule has 0 saturated carbocycles. The number of thioether (sulfide) groups is 2. The van der Waals surface area contributed by atoms with Crippen molar-refractivity contribution in [2.45, 2.75) is 17.1 Å². The van der Waals surface area contributed by atoms with Gasteiger partial charge in [0.25, 0.3) is 5.56 Å². The van der Waals surface area contributed by atoms with E-state index in [1.807, 2.05) is 13.0 Å². The first-order valence-corrected chi connectivity index (χ1v) is 6.15. The Balaban J connectivity index is 3.26. The Morgan fingerprint density at radius 3 is 2.86 bits per heavy atom. The lowest BCUT2D eigenvalue weighted by Crippen LogP contribution is -2.14. The molecule has 0 atom stereocenters. The summed E-state index contributed by atoms with van der Waals surface area (Å²) in [6.45, 7) is 1.97. The molecule has 0 radical (unpaired) electrons. The fraction of sp³-hybridized carbons (Fsp3) is 0.375. The topological polar surface area (TPSA) is 69.5 Å². The van der Waals surface area contributed by atoms with Crippen LogP contribution in [0.25, 0.3) is 0 Å². The van der Waals surface area contributed by atoms with Crippen LogP contribution in [0, 0.1) is 11.3 Å². The molecule has 0 aliphatic carbocycles. The maximum absolute atomic E-state index is 11.4. The molecule has 0 aliphatic heterocycles. The fourth-order valence-electron chi connectivity index (χ4n) is 0.884. The average molecular weight is 227 g/mol. The zero-order valence-corrected chi connectivity index (χ0v) is 9.46. The molecular formula is C8H9N3OS2. The van der Waals surface area contributed by atoms with Gasteiger partial charge in [0.2, 0.25) is 0 Å². The zero-order valence-electron chi connectivity index (χ0n) is 7.83. The molecule has 74 valence electrons. The van der Waals surface area contributed by atoms with Gasteiger partial charge in [-0.15, -0.1) is 11.8 Å². The SMILES string of the molecule is CCSc1nc(SC)c(C#N)c(=O)[nH]1. The summed E-state index contributed by atoms with van der Waals surface area (Å²) in [4.78, 5) is 18.1. The number of aromatic nitrogens is 2. The van der Waals surface area contributed by atoms with Crippen LogP contribution in [0.1, 0.15) is 12.5 Å². The number of hydrogen-bond acceptors (Lipinski definition) is 5. The molecule has 1 aromatic heterocycles. The van der Waals surface area contributed by atoms with E-state index in [0.29, 0.717) is 10.2 Å². The van der Waals surface area contributed by atoms with Crippen LogP contribution in [-0.2, 0) is 0 Å². The summed E-state index contributed by atoms with van der Waals surface area (Å²) < 4.78 is 0. The van der Waals surface area contributed by atoms with Crippen LogP contribution in [0.15, 0.2) is 15.0 Å². The van der Waals surface area contributed by atoms with E-state index in [-0.39, 0.29) is 11.1 Å². The standard InChI is InChI=1S/C8H9N3OS2/c1-3-14-8-10-6(12)5(4-9)7(11-8)13-2/h3H2,1-2H3,(H,10,11,12). The molecule has 0 saturated heterocycles. The number of nitrogens with zero attached hydrogens (tertiary/aromatic N) is 2. The van der Waals surface area contributed by atoms with Gasteiger partial charge in [0, 0.05) is 0 Å². The van der Waals surface area contributed by atoms with Crippen molar-refractivity contribution in [1.82, 2.24) is 9.97 Å². The van der Waals surface area contributed by atoms with Gasteiger partial charge >= 0.3 is 0 Å². The molecule has 0 fully saturated rings. The normalized spacial score (nSPS) is 9.79. The van der Waals surface area contributed by atoms with Gasteiger partial charge in [-0.3, -0.25) is 4.79 Å². The summed E-state index contributed by atoms with van der Waals surface area (Å²) in [6, 6.07) is 1.85. The summed E-state index contributed by atoms with van der Waals surface area (Å²) in [5, 5.41) is 9.78. The van der Waals surface area contributed by atoms with E-state index in [2.05, 4.69) is 9.97 Å². The third-order valence-corrected chi connectivity index (χ3v) is 2.89. The van der Waals surface area contributed by atoms with E-state index in [0.717, 1.165) is 5.75 Å². The van der Waals surface area contributed by atoms with Gasteiger partial charge in [0.05, 0.1) is 0 Å². The first-order chi connectivity index (χ1) is 6.72. The molecule has 4 nitrogen and oxygen atoms in total. The second-order valence-electron chi connectivity index (χ2n) is 2.30. The van der Waals surface area contributed by atoms with E-state index in [4.69, 9.17) is 5.26 Å². The van der Waals surface area contributed by atoms with E-state index in [1.54, 1.807) is 6.26 Å². The lowest BCUT2D eigenvalue weighted by atomic mass is 10.4. The van der Waals surface area contributed by atoms with E-state index < -0.39 is 0 Å². The van der Waals surface area contributed by atoms with Gasteiger partial charge in [-0.2, -0.15) is 5.26 Å². The lowest BCUT2D eigenvalue weighted by Gasteiger charge is -2.01. The van der Waals surface area contributed by atoms with E-state index >= 15 is 0 Å². The van der Waals surface area contributed by atoms with Crippen molar-refractivity contribution in [2.75, 3.05) is 12.0 Å². The van der Waals surface area contributed by atoms with Crippen molar-refractivity contribution < 1.29 is 0 Å². The highest BCUT2D eigenvalue weighted by molar-refractivity contribution is 7.99. The van der Waals surface area contributed by atoms with Gasteiger partial charge in [-0.05, 0) is 12.0 Å². The van der Waals surface area contributed by atoms with Gasteiger partial charge in [-0.1, -0.05) is 18.7 Å². The quantitative estimate of drug-likeness (QED) is 0.481. The molecule has 0 aliphatic rings. The molecule has 1 aromatic rings. The third kappa shape index (κ3) is 2.30. The zero-order chi connectivity index (χ0) is 10.6. The van der Waals surface area contributed by atoms with Crippen LogP contribution >= 0.6 is 23.5 Å². The van der Waals surface area contributed by atoms with Crippen LogP contribution in [-0.4, -0.2) is 22.0 Å². The molecule has 1 heterocycles. The minimum Gasteiger partial charge on any atom is -0.300 e. The highest BCUT2D eigenvalue weighted by Crippen LogP contribution is 2.17. The van der Waals surface area contributed by atoms with Crippen LogP contribution in [0.4, 0.5) is 0 Å². The van der Waals surface area contributed by atoms with Crippen molar-refractivity contribution in [1.29, 1.82) is 5.26 Å². The lowest BCUT2D eigenvalue weighted by molar-refractivity contribution is 0.857. The minimum atomic E-state index is -0.359. The Morgan fingerprint density at radius 2 is 2.36 bits per heavy atom. The van der Waals surface area contributed by atoms with Crippen molar-refractivity contribution >= 4 is 23.5 Å². The number of rotatable bonds is 3. The first kappa shape index (κ1) is 11.1. The Bertz CT molecular complexity index is 422. The smallest absolute Gasteiger partial charge is 0.270 e. The van der Waals surface area contributed by atoms with Crippen LogP contribution in [0.5, 0.6) is 0 Å². The molecular weight excluding hydrogens is 218 g/mol. The van der Waals surface area contributed by atoms with E-state index in [1.165, 1.54) is 23.5 Å². The molecule has 0 aromatic carbocycles. The van der Waals surface area contributed by atoms with Gasteiger partial charge in [0.1, 0.15) is 16.7 Å². The Morgan fingerprint density at radius 1 is 1.64 bits per heavy atom.